The van der Waals surface area contributed by atoms with Crippen LogP contribution in [0, 0.1) is 0 Å². The molecule has 31 heavy (non-hydrogen) atoms. The second-order valence-electron chi connectivity index (χ2n) is 7.29. The number of carbonyl (C=O) groups excluding carboxylic acids is 1. The summed E-state index contributed by atoms with van der Waals surface area (Å²) in [5, 5.41) is 9.98. The molecule has 0 amide bonds. The number of rotatable bonds is 4. The molecule has 6 nitrogen and oxygen atoms in total. The van der Waals surface area contributed by atoms with Crippen molar-refractivity contribution in [1.29, 1.82) is 0 Å². The predicted molar refractivity (Wildman–Crippen MR) is 116 cm³/mol. The number of pyridine rings is 1. The number of carboxylic acids is 1. The average molecular weight is 410 g/mol. The van der Waals surface area contributed by atoms with E-state index in [4.69, 9.17) is 4.74 Å². The molecule has 0 saturated carbocycles. The second-order valence-corrected chi connectivity index (χ2v) is 7.29. The smallest absolute Gasteiger partial charge is 0.331 e. The average Bonchev–Trinajstić information content (AvgIpc) is 3.31. The topological polar surface area (TPSA) is 88.9 Å². The number of hydrogen-bond donors (Lipinski definition) is 1. The Morgan fingerprint density at radius 2 is 1.77 bits per heavy atom. The van der Waals surface area contributed by atoms with Crippen molar-refractivity contribution in [2.45, 2.75) is 12.8 Å². The molecule has 0 spiro atoms. The lowest BCUT2D eigenvalue weighted by Gasteiger charge is -2.14. The molecule has 1 aliphatic heterocycles. The van der Waals surface area contributed by atoms with E-state index in [0.29, 0.717) is 23.6 Å². The van der Waals surface area contributed by atoms with Gasteiger partial charge in [0.25, 0.3) is 0 Å². The summed E-state index contributed by atoms with van der Waals surface area (Å²) in [5.41, 5.74) is 6.73. The lowest BCUT2D eigenvalue weighted by Crippen LogP contribution is -2.20. The molecule has 2 aromatic carbocycles. The van der Waals surface area contributed by atoms with Crippen LogP contribution in [0.2, 0.25) is 0 Å². The minimum absolute atomic E-state index is 0.292. The number of hydrogen-bond acceptors (Lipinski definition) is 5. The predicted octanol–water partition coefficient (Wildman–Crippen LogP) is 4.36. The maximum absolute atomic E-state index is 12.2. The second kappa shape index (κ2) is 7.32. The Labute approximate surface area is 178 Å². The van der Waals surface area contributed by atoms with Crippen molar-refractivity contribution < 1.29 is 19.4 Å². The number of nitrogens with zero attached hydrogens (tertiary/aromatic N) is 2. The number of aromatic nitrogens is 1. The molecular weight excluding hydrogens is 392 g/mol. The molecule has 2 heterocycles. The van der Waals surface area contributed by atoms with Crippen molar-refractivity contribution in [2.24, 2.45) is 4.99 Å². The van der Waals surface area contributed by atoms with Crippen LogP contribution in [-0.4, -0.2) is 34.3 Å². The first-order valence-corrected chi connectivity index (χ1v) is 9.97. The van der Waals surface area contributed by atoms with Crippen LogP contribution < -0.4 is 0 Å². The zero-order valence-corrected chi connectivity index (χ0v) is 16.7. The van der Waals surface area contributed by atoms with E-state index >= 15 is 0 Å². The summed E-state index contributed by atoms with van der Waals surface area (Å²) in [6, 6.07) is 15.2. The number of esters is 1. The van der Waals surface area contributed by atoms with Crippen LogP contribution in [0.15, 0.2) is 72.0 Å². The molecule has 0 radical (unpaired) electrons. The van der Waals surface area contributed by atoms with Gasteiger partial charge in [-0.25, -0.2) is 4.79 Å². The van der Waals surface area contributed by atoms with Gasteiger partial charge in [-0.2, -0.15) is 0 Å². The maximum Gasteiger partial charge on any atom is 0.331 e. The van der Waals surface area contributed by atoms with E-state index in [1.54, 1.807) is 25.4 Å². The van der Waals surface area contributed by atoms with Crippen molar-refractivity contribution in [1.82, 2.24) is 4.98 Å². The highest BCUT2D eigenvalue weighted by molar-refractivity contribution is 6.24. The van der Waals surface area contributed by atoms with Crippen LogP contribution in [0.1, 0.15) is 35.1 Å². The molecule has 1 N–H and O–H groups in total. The third kappa shape index (κ3) is 2.95. The number of carbonyl (C=O) groups is 2. The first kappa shape index (κ1) is 18.9. The molecular formula is C25H18N2O4. The monoisotopic (exact) mass is 410 g/mol. The van der Waals surface area contributed by atoms with Gasteiger partial charge in [-0.15, -0.1) is 0 Å². The quantitative estimate of drug-likeness (QED) is 0.399. The Hall–Kier alpha value is -4.06. The number of fused-ring (bicyclic) bond motifs is 4. The van der Waals surface area contributed by atoms with Crippen LogP contribution in [0.5, 0.6) is 0 Å². The van der Waals surface area contributed by atoms with Crippen LogP contribution in [0.3, 0.4) is 0 Å². The van der Waals surface area contributed by atoms with Crippen molar-refractivity contribution in [2.75, 3.05) is 6.61 Å². The Morgan fingerprint density at radius 1 is 1.03 bits per heavy atom. The number of ether oxygens (including phenoxy) is 1. The van der Waals surface area contributed by atoms with Crippen molar-refractivity contribution >= 4 is 28.9 Å². The number of aliphatic imine (C=N–C) groups is 1. The zero-order valence-electron chi connectivity index (χ0n) is 16.7. The fourth-order valence-electron chi connectivity index (χ4n) is 4.35. The molecule has 152 valence electrons. The first-order valence-electron chi connectivity index (χ1n) is 9.97. The highest BCUT2D eigenvalue weighted by Crippen LogP contribution is 2.48. The van der Waals surface area contributed by atoms with Crippen molar-refractivity contribution in [3.8, 4) is 11.1 Å². The summed E-state index contributed by atoms with van der Waals surface area (Å²) in [5.74, 6) is -2.29. The van der Waals surface area contributed by atoms with Gasteiger partial charge in [0.15, 0.2) is 0 Å². The van der Waals surface area contributed by atoms with Gasteiger partial charge in [-0.1, -0.05) is 42.5 Å². The van der Waals surface area contributed by atoms with Crippen molar-refractivity contribution in [3.63, 3.8) is 0 Å². The van der Waals surface area contributed by atoms with Gasteiger partial charge in [-0.3, -0.25) is 14.8 Å². The molecule has 2 aliphatic rings. The summed E-state index contributed by atoms with van der Waals surface area (Å²) in [4.78, 5) is 33.2. The molecule has 3 aromatic rings. The van der Waals surface area contributed by atoms with Gasteiger partial charge in [0.2, 0.25) is 0 Å². The highest BCUT2D eigenvalue weighted by Gasteiger charge is 2.37. The van der Waals surface area contributed by atoms with Gasteiger partial charge < -0.3 is 9.84 Å². The summed E-state index contributed by atoms with van der Waals surface area (Å²) >= 11 is 0. The third-order valence-corrected chi connectivity index (χ3v) is 5.57. The van der Waals surface area contributed by atoms with Crippen LogP contribution in [0.4, 0.5) is 5.69 Å². The normalized spacial score (nSPS) is 17.0. The number of carboxylic acid groups (broad SMARTS) is 1. The van der Waals surface area contributed by atoms with Crippen LogP contribution in [0.25, 0.3) is 16.7 Å². The SMILES string of the molecule is CCOC(=O)/C=C1/c2ccccc2-c2c(C3=Nc4ccncc4C3C(=O)O)cccc21. The fourth-order valence-corrected chi connectivity index (χ4v) is 4.35. The summed E-state index contributed by atoms with van der Waals surface area (Å²) in [6.45, 7) is 2.06. The number of aliphatic carboxylic acids is 1. The third-order valence-electron chi connectivity index (χ3n) is 5.57. The van der Waals surface area contributed by atoms with Gasteiger partial charge in [0.05, 0.1) is 18.0 Å². The Bertz CT molecular complexity index is 1310. The molecule has 1 aromatic heterocycles. The Morgan fingerprint density at radius 3 is 2.55 bits per heavy atom. The Balaban J connectivity index is 1.74. The molecule has 6 heteroatoms. The van der Waals surface area contributed by atoms with E-state index < -0.39 is 17.9 Å². The molecule has 5 rings (SSSR count). The largest absolute Gasteiger partial charge is 0.480 e. The molecule has 1 atom stereocenters. The van der Waals surface area contributed by atoms with E-state index in [-0.39, 0.29) is 0 Å². The van der Waals surface area contributed by atoms with Gasteiger partial charge in [0, 0.05) is 29.6 Å². The Kier molecular flexibility index (Phi) is 4.47. The molecule has 1 aliphatic carbocycles. The van der Waals surface area contributed by atoms with Gasteiger partial charge >= 0.3 is 11.9 Å². The molecule has 0 saturated heterocycles. The molecule has 0 bridgehead atoms. The standard InChI is InChI=1S/C25H18N2O4/c1-2-31-21(28)12-18-14-6-3-4-7-15(14)22-16(18)8-5-9-17(22)24-23(25(29)30)19-13-26-11-10-20(19)27-24/h3-13,23H,2H2,1H3,(H,29,30)/b18-12-. The minimum atomic E-state index is -0.975. The summed E-state index contributed by atoms with van der Waals surface area (Å²) in [7, 11) is 0. The van der Waals surface area contributed by atoms with E-state index in [0.717, 1.165) is 33.4 Å². The fraction of sp³-hybridized carbons (Fsp3) is 0.120. The summed E-state index contributed by atoms with van der Waals surface area (Å²) in [6.07, 6.45) is 4.67. The van der Waals surface area contributed by atoms with E-state index in [1.165, 1.54) is 6.08 Å². The number of benzene rings is 2. The van der Waals surface area contributed by atoms with Gasteiger partial charge in [-0.05, 0) is 40.8 Å². The maximum atomic E-state index is 12.2. The van der Waals surface area contributed by atoms with E-state index in [1.807, 2.05) is 42.5 Å². The lowest BCUT2D eigenvalue weighted by atomic mass is 9.88. The van der Waals surface area contributed by atoms with Crippen molar-refractivity contribution in [3.05, 3.63) is 89.3 Å². The molecule has 0 fully saturated rings. The lowest BCUT2D eigenvalue weighted by molar-refractivity contribution is -0.138. The van der Waals surface area contributed by atoms with Crippen LogP contribution in [-0.2, 0) is 14.3 Å². The van der Waals surface area contributed by atoms with Crippen LogP contribution >= 0.6 is 0 Å². The van der Waals surface area contributed by atoms with E-state index in [9.17, 15) is 14.7 Å². The zero-order chi connectivity index (χ0) is 21.5. The highest BCUT2D eigenvalue weighted by atomic mass is 16.5. The first-order chi connectivity index (χ1) is 15.1. The summed E-state index contributed by atoms with van der Waals surface area (Å²) < 4.78 is 5.13. The minimum Gasteiger partial charge on any atom is -0.480 e. The van der Waals surface area contributed by atoms with Gasteiger partial charge in [0.1, 0.15) is 5.92 Å². The molecule has 1 unspecified atom stereocenters. The van der Waals surface area contributed by atoms with E-state index in [2.05, 4.69) is 9.98 Å².